The molecule has 0 spiro atoms. The number of hydrogen-bond donors (Lipinski definition) is 3. The Morgan fingerprint density at radius 1 is 1.43 bits per heavy atom. The molecular weight excluding hydrogens is 266 g/mol. The van der Waals surface area contributed by atoms with Crippen molar-refractivity contribution in [1.29, 1.82) is 0 Å². The van der Waals surface area contributed by atoms with Gasteiger partial charge in [0.1, 0.15) is 5.41 Å². The molecule has 5 nitrogen and oxygen atoms in total. The summed E-state index contributed by atoms with van der Waals surface area (Å²) in [6.45, 7) is 0.692. The topological polar surface area (TPSA) is 94.1 Å². The maximum Gasteiger partial charge on any atom is 0.232 e. The Hall–Kier alpha value is -2.11. The summed E-state index contributed by atoms with van der Waals surface area (Å²) in [5.74, 6) is -0.357. The van der Waals surface area contributed by atoms with E-state index in [0.29, 0.717) is 19.6 Å². The van der Waals surface area contributed by atoms with Crippen LogP contribution in [0.4, 0.5) is 0 Å². The SMILES string of the molecule is NC(=O)C1(C=CC(N)Cc2c[nH]c3ccccc23)COC1. The number of H-pyrrole nitrogens is 1. The number of nitrogens with two attached hydrogens (primary N) is 2. The minimum Gasteiger partial charge on any atom is -0.378 e. The molecule has 5 heteroatoms. The van der Waals surface area contributed by atoms with Crippen LogP contribution in [-0.2, 0) is 16.0 Å². The van der Waals surface area contributed by atoms with E-state index in [1.54, 1.807) is 6.08 Å². The van der Waals surface area contributed by atoms with Gasteiger partial charge in [0.25, 0.3) is 0 Å². The number of carbonyl (C=O) groups is 1. The summed E-state index contributed by atoms with van der Waals surface area (Å²) in [5.41, 5.74) is 13.2. The summed E-state index contributed by atoms with van der Waals surface area (Å²) >= 11 is 0. The van der Waals surface area contributed by atoms with Gasteiger partial charge >= 0.3 is 0 Å². The first-order chi connectivity index (χ1) is 10.1. The van der Waals surface area contributed by atoms with Crippen molar-refractivity contribution in [3.63, 3.8) is 0 Å². The molecule has 5 N–H and O–H groups in total. The first-order valence-electron chi connectivity index (χ1n) is 6.98. The van der Waals surface area contributed by atoms with E-state index < -0.39 is 5.41 Å². The molecule has 1 aromatic heterocycles. The van der Waals surface area contributed by atoms with Crippen LogP contribution in [0.1, 0.15) is 5.56 Å². The molecule has 1 unspecified atom stereocenters. The van der Waals surface area contributed by atoms with Crippen LogP contribution >= 0.6 is 0 Å². The van der Waals surface area contributed by atoms with Gasteiger partial charge in [0.15, 0.2) is 0 Å². The highest BCUT2D eigenvalue weighted by Crippen LogP contribution is 2.29. The maximum absolute atomic E-state index is 11.5. The Kier molecular flexibility index (Phi) is 3.53. The molecule has 2 heterocycles. The van der Waals surface area contributed by atoms with Crippen molar-refractivity contribution in [2.24, 2.45) is 16.9 Å². The van der Waals surface area contributed by atoms with Gasteiger partial charge in [-0.05, 0) is 18.1 Å². The second kappa shape index (κ2) is 5.35. The van der Waals surface area contributed by atoms with E-state index in [1.165, 1.54) is 10.9 Å². The lowest BCUT2D eigenvalue weighted by atomic mass is 9.84. The van der Waals surface area contributed by atoms with Gasteiger partial charge in [-0.2, -0.15) is 0 Å². The molecule has 110 valence electrons. The number of amides is 1. The van der Waals surface area contributed by atoms with Crippen LogP contribution in [0.2, 0.25) is 0 Å². The van der Waals surface area contributed by atoms with E-state index in [9.17, 15) is 4.79 Å². The van der Waals surface area contributed by atoms with Crippen molar-refractivity contribution in [2.45, 2.75) is 12.5 Å². The Labute approximate surface area is 123 Å². The normalized spacial score (nSPS) is 18.7. The number of aromatic nitrogens is 1. The third-order valence-corrected chi connectivity index (χ3v) is 4.00. The number of benzene rings is 1. The zero-order valence-electron chi connectivity index (χ0n) is 11.7. The molecule has 1 aliphatic heterocycles. The number of fused-ring (bicyclic) bond motifs is 1. The van der Waals surface area contributed by atoms with Gasteiger partial charge in [0.2, 0.25) is 5.91 Å². The largest absolute Gasteiger partial charge is 0.378 e. The Morgan fingerprint density at radius 2 is 2.19 bits per heavy atom. The molecule has 0 bridgehead atoms. The van der Waals surface area contributed by atoms with Crippen LogP contribution in [0.5, 0.6) is 0 Å². The third kappa shape index (κ3) is 2.57. The Bertz CT molecular complexity index is 686. The van der Waals surface area contributed by atoms with E-state index in [1.807, 2.05) is 30.5 Å². The van der Waals surface area contributed by atoms with E-state index in [0.717, 1.165) is 5.52 Å². The lowest BCUT2D eigenvalue weighted by molar-refractivity contribution is -0.148. The molecule has 1 aromatic carbocycles. The van der Waals surface area contributed by atoms with Gasteiger partial charge < -0.3 is 21.2 Å². The number of rotatable bonds is 5. The smallest absolute Gasteiger partial charge is 0.232 e. The number of hydrogen-bond acceptors (Lipinski definition) is 3. The molecule has 1 atom stereocenters. The third-order valence-electron chi connectivity index (χ3n) is 4.00. The highest BCUT2D eigenvalue weighted by molar-refractivity contribution is 5.84. The molecule has 1 aliphatic rings. The number of ether oxygens (including phenoxy) is 1. The summed E-state index contributed by atoms with van der Waals surface area (Å²) < 4.78 is 5.10. The summed E-state index contributed by atoms with van der Waals surface area (Å²) in [5, 5.41) is 1.18. The first-order valence-corrected chi connectivity index (χ1v) is 6.98. The summed E-state index contributed by atoms with van der Waals surface area (Å²) in [6.07, 6.45) is 6.35. The number of carbonyl (C=O) groups excluding carboxylic acids is 1. The fourth-order valence-corrected chi connectivity index (χ4v) is 2.57. The van der Waals surface area contributed by atoms with Gasteiger partial charge in [-0.25, -0.2) is 0 Å². The van der Waals surface area contributed by atoms with Crippen molar-refractivity contribution in [1.82, 2.24) is 4.98 Å². The number of aromatic amines is 1. The highest BCUT2D eigenvalue weighted by atomic mass is 16.5. The summed E-state index contributed by atoms with van der Waals surface area (Å²) in [4.78, 5) is 14.7. The molecule has 0 radical (unpaired) electrons. The molecule has 1 amide bonds. The fraction of sp³-hybridized carbons (Fsp3) is 0.312. The molecule has 1 saturated heterocycles. The summed E-state index contributed by atoms with van der Waals surface area (Å²) in [7, 11) is 0. The van der Waals surface area contributed by atoms with Gasteiger partial charge in [0, 0.05) is 23.1 Å². The van der Waals surface area contributed by atoms with Gasteiger partial charge in [-0.15, -0.1) is 0 Å². The molecular formula is C16H19N3O2. The van der Waals surface area contributed by atoms with E-state index >= 15 is 0 Å². The second-order valence-electron chi connectivity index (χ2n) is 5.60. The standard InChI is InChI=1S/C16H19N3O2/c17-12(5-6-16(15(18)20)9-21-10-16)7-11-8-19-14-4-2-1-3-13(11)14/h1-6,8,12,19H,7,9-10,17H2,(H2,18,20). The van der Waals surface area contributed by atoms with Gasteiger partial charge in [0.05, 0.1) is 13.2 Å². The first kappa shape index (κ1) is 13.9. The second-order valence-corrected chi connectivity index (χ2v) is 5.60. The van der Waals surface area contributed by atoms with E-state index in [-0.39, 0.29) is 11.9 Å². The number of primary amides is 1. The number of para-hydroxylation sites is 1. The zero-order valence-corrected chi connectivity index (χ0v) is 11.7. The van der Waals surface area contributed by atoms with Crippen molar-refractivity contribution < 1.29 is 9.53 Å². The summed E-state index contributed by atoms with van der Waals surface area (Å²) in [6, 6.07) is 7.95. The average molecular weight is 285 g/mol. The molecule has 3 rings (SSSR count). The molecule has 2 aromatic rings. The van der Waals surface area contributed by atoms with Crippen LogP contribution in [0.25, 0.3) is 10.9 Å². The van der Waals surface area contributed by atoms with Crippen LogP contribution < -0.4 is 11.5 Å². The molecule has 21 heavy (non-hydrogen) atoms. The lowest BCUT2D eigenvalue weighted by Crippen LogP contribution is -2.51. The van der Waals surface area contributed by atoms with Crippen molar-refractivity contribution in [3.05, 3.63) is 48.2 Å². The van der Waals surface area contributed by atoms with Crippen LogP contribution in [-0.4, -0.2) is 30.1 Å². The van der Waals surface area contributed by atoms with Gasteiger partial charge in [-0.1, -0.05) is 30.4 Å². The fourth-order valence-electron chi connectivity index (χ4n) is 2.57. The zero-order chi connectivity index (χ0) is 14.9. The minimum atomic E-state index is -0.669. The Balaban J connectivity index is 1.72. The van der Waals surface area contributed by atoms with Crippen LogP contribution in [0.15, 0.2) is 42.6 Å². The monoisotopic (exact) mass is 285 g/mol. The molecule has 0 saturated carbocycles. The van der Waals surface area contributed by atoms with Crippen molar-refractivity contribution in [3.8, 4) is 0 Å². The minimum absolute atomic E-state index is 0.166. The number of nitrogens with one attached hydrogen (secondary N) is 1. The Morgan fingerprint density at radius 3 is 2.86 bits per heavy atom. The highest BCUT2D eigenvalue weighted by Gasteiger charge is 2.42. The van der Waals surface area contributed by atoms with E-state index in [4.69, 9.17) is 16.2 Å². The van der Waals surface area contributed by atoms with Crippen molar-refractivity contribution >= 4 is 16.8 Å². The quantitative estimate of drug-likeness (QED) is 0.718. The lowest BCUT2D eigenvalue weighted by Gasteiger charge is -2.35. The molecule has 0 aliphatic carbocycles. The molecule has 1 fully saturated rings. The van der Waals surface area contributed by atoms with E-state index in [2.05, 4.69) is 11.1 Å². The predicted octanol–water partition coefficient (Wildman–Crippen LogP) is 1.10. The van der Waals surface area contributed by atoms with Crippen LogP contribution in [0.3, 0.4) is 0 Å². The van der Waals surface area contributed by atoms with Gasteiger partial charge in [-0.3, -0.25) is 4.79 Å². The van der Waals surface area contributed by atoms with Crippen molar-refractivity contribution in [2.75, 3.05) is 13.2 Å². The van der Waals surface area contributed by atoms with Crippen LogP contribution in [0, 0.1) is 5.41 Å². The average Bonchev–Trinajstić information content (AvgIpc) is 2.81. The maximum atomic E-state index is 11.5. The predicted molar refractivity (Wildman–Crippen MR) is 81.6 cm³/mol.